The van der Waals surface area contributed by atoms with Gasteiger partial charge in [0.1, 0.15) is 12.4 Å². The van der Waals surface area contributed by atoms with Gasteiger partial charge in [0.25, 0.3) is 0 Å². The first-order valence-corrected chi connectivity index (χ1v) is 13.4. The minimum absolute atomic E-state index is 0.131. The van der Waals surface area contributed by atoms with Gasteiger partial charge in [-0.2, -0.15) is 0 Å². The fourth-order valence-electron chi connectivity index (χ4n) is 5.20. The zero-order valence-electron chi connectivity index (χ0n) is 22.2. The van der Waals surface area contributed by atoms with Gasteiger partial charge in [0.2, 0.25) is 0 Å². The predicted molar refractivity (Wildman–Crippen MR) is 146 cm³/mol. The van der Waals surface area contributed by atoms with Crippen LogP contribution in [0.1, 0.15) is 63.4 Å². The number of ether oxygens (including phenoxy) is 2. The summed E-state index contributed by atoms with van der Waals surface area (Å²) in [5.41, 5.74) is 4.39. The number of nitrogens with zero attached hydrogens (tertiary/aromatic N) is 3. The van der Waals surface area contributed by atoms with Gasteiger partial charge in [0, 0.05) is 12.5 Å². The maximum absolute atomic E-state index is 5.99. The summed E-state index contributed by atoms with van der Waals surface area (Å²) < 4.78 is 11.9. The molecule has 0 saturated carbocycles. The average molecular weight is 489 g/mol. The highest BCUT2D eigenvalue weighted by Crippen LogP contribution is 2.32. The molecule has 3 heterocycles. The Bertz CT molecular complexity index is 1150. The van der Waals surface area contributed by atoms with E-state index in [0.29, 0.717) is 12.5 Å². The van der Waals surface area contributed by atoms with Crippen molar-refractivity contribution in [3.8, 4) is 0 Å². The second-order valence-corrected chi connectivity index (χ2v) is 11.5. The van der Waals surface area contributed by atoms with E-state index in [1.807, 2.05) is 6.07 Å². The summed E-state index contributed by atoms with van der Waals surface area (Å²) in [5, 5.41) is 0. The van der Waals surface area contributed by atoms with Crippen LogP contribution in [0.5, 0.6) is 0 Å². The molecule has 36 heavy (non-hydrogen) atoms. The number of benzene rings is 2. The minimum Gasteiger partial charge on any atom is -0.478 e. The summed E-state index contributed by atoms with van der Waals surface area (Å²) in [6.45, 7) is 14.0. The number of aromatic nitrogens is 2. The van der Waals surface area contributed by atoms with Crippen molar-refractivity contribution in [1.82, 2.24) is 14.9 Å². The lowest BCUT2D eigenvalue weighted by atomic mass is 9.84. The molecule has 0 radical (unpaired) electrons. The average Bonchev–Trinajstić information content (AvgIpc) is 3.48. The van der Waals surface area contributed by atoms with Gasteiger partial charge in [-0.1, -0.05) is 36.4 Å². The Kier molecular flexibility index (Phi) is 7.18. The van der Waals surface area contributed by atoms with Crippen LogP contribution in [-0.2, 0) is 21.3 Å². The number of imidazole rings is 1. The number of aliphatic imine (C=N–C) groups is 1. The molecule has 1 aromatic heterocycles. The number of fused-ring (bicyclic) bond motifs is 1. The first-order valence-electron chi connectivity index (χ1n) is 13.4. The van der Waals surface area contributed by atoms with Crippen LogP contribution < -0.4 is 0 Å². The number of para-hydroxylation sites is 2. The molecule has 6 heteroatoms. The van der Waals surface area contributed by atoms with Crippen molar-refractivity contribution in [2.75, 3.05) is 39.5 Å². The third-order valence-corrected chi connectivity index (χ3v) is 7.65. The van der Waals surface area contributed by atoms with Crippen molar-refractivity contribution in [2.24, 2.45) is 4.99 Å². The quantitative estimate of drug-likeness (QED) is 0.405. The number of rotatable bonds is 9. The Balaban J connectivity index is 1.01. The summed E-state index contributed by atoms with van der Waals surface area (Å²) in [7, 11) is 0. The van der Waals surface area contributed by atoms with Crippen molar-refractivity contribution in [3.05, 3.63) is 65.5 Å². The van der Waals surface area contributed by atoms with Gasteiger partial charge >= 0.3 is 0 Å². The van der Waals surface area contributed by atoms with Crippen LogP contribution >= 0.6 is 0 Å². The first kappa shape index (κ1) is 25.0. The zero-order valence-corrected chi connectivity index (χ0v) is 22.2. The lowest BCUT2D eigenvalue weighted by molar-refractivity contribution is 0.0953. The van der Waals surface area contributed by atoms with E-state index in [4.69, 9.17) is 19.5 Å². The molecule has 2 aromatic carbocycles. The highest BCUT2D eigenvalue weighted by molar-refractivity contribution is 5.89. The van der Waals surface area contributed by atoms with Gasteiger partial charge in [0.15, 0.2) is 5.90 Å². The Hall–Kier alpha value is -2.70. The molecule has 0 amide bonds. The lowest BCUT2D eigenvalue weighted by Crippen LogP contribution is -2.35. The third kappa shape index (κ3) is 5.65. The molecule has 0 spiro atoms. The fraction of sp³-hybridized carbons (Fsp3) is 0.533. The molecule has 2 aliphatic rings. The minimum atomic E-state index is -0.222. The molecule has 1 N–H and O–H groups in total. The summed E-state index contributed by atoms with van der Waals surface area (Å²) in [5.74, 6) is 2.51. The maximum Gasteiger partial charge on any atom is 0.194 e. The van der Waals surface area contributed by atoms with Crippen molar-refractivity contribution in [2.45, 2.75) is 63.8 Å². The fourth-order valence-corrected chi connectivity index (χ4v) is 5.20. The summed E-state index contributed by atoms with van der Waals surface area (Å²) in [6, 6.07) is 17.1. The van der Waals surface area contributed by atoms with Crippen LogP contribution in [0.25, 0.3) is 11.0 Å². The van der Waals surface area contributed by atoms with E-state index in [1.165, 1.54) is 11.1 Å². The monoisotopic (exact) mass is 488 g/mol. The SMILES string of the molecule is CC1(C)COC(C(C)(C)c2ccc(CCOCCN3CCC(c4nc5ccccc5[nH]4)CC3)cc2)=N1. The molecule has 0 bridgehead atoms. The Morgan fingerprint density at radius 1 is 1.06 bits per heavy atom. The first-order chi connectivity index (χ1) is 17.3. The van der Waals surface area contributed by atoms with Crippen molar-refractivity contribution >= 4 is 16.9 Å². The number of H-pyrrole nitrogens is 1. The van der Waals surface area contributed by atoms with Gasteiger partial charge in [-0.15, -0.1) is 0 Å². The van der Waals surface area contributed by atoms with Gasteiger partial charge in [-0.25, -0.2) is 9.98 Å². The normalized spacial score (nSPS) is 18.9. The highest BCUT2D eigenvalue weighted by Gasteiger charge is 2.37. The van der Waals surface area contributed by atoms with E-state index >= 15 is 0 Å². The standard InChI is InChI=1S/C30H40N4O2/c1-29(2)21-36-28(33-29)30(3,4)24-11-9-22(10-12-24)15-19-35-20-18-34-16-13-23(14-17-34)27-31-25-7-5-6-8-26(25)32-27/h5-12,23H,13-21H2,1-4H3,(H,31,32). The highest BCUT2D eigenvalue weighted by atomic mass is 16.5. The zero-order chi connectivity index (χ0) is 25.2. The number of hydrogen-bond donors (Lipinski definition) is 1. The topological polar surface area (TPSA) is 62.7 Å². The van der Waals surface area contributed by atoms with Gasteiger partial charge in [-0.05, 0) is 83.3 Å². The number of nitrogens with one attached hydrogen (secondary N) is 1. The predicted octanol–water partition coefficient (Wildman–Crippen LogP) is 5.49. The molecule has 1 fully saturated rings. The number of aromatic amines is 1. The largest absolute Gasteiger partial charge is 0.478 e. The smallest absolute Gasteiger partial charge is 0.194 e. The van der Waals surface area contributed by atoms with Crippen LogP contribution in [0.15, 0.2) is 53.5 Å². The lowest BCUT2D eigenvalue weighted by Gasteiger charge is -2.30. The maximum atomic E-state index is 5.99. The van der Waals surface area contributed by atoms with E-state index in [1.54, 1.807) is 0 Å². The van der Waals surface area contributed by atoms with E-state index < -0.39 is 0 Å². The van der Waals surface area contributed by atoms with Gasteiger partial charge in [-0.3, -0.25) is 0 Å². The van der Waals surface area contributed by atoms with Crippen molar-refractivity contribution in [3.63, 3.8) is 0 Å². The molecule has 5 rings (SSSR count). The summed E-state index contributed by atoms with van der Waals surface area (Å²) >= 11 is 0. The van der Waals surface area contributed by atoms with Crippen LogP contribution in [0, 0.1) is 0 Å². The second-order valence-electron chi connectivity index (χ2n) is 11.5. The van der Waals surface area contributed by atoms with E-state index in [2.05, 4.69) is 80.0 Å². The molecule has 6 nitrogen and oxygen atoms in total. The summed E-state index contributed by atoms with van der Waals surface area (Å²) in [4.78, 5) is 15.6. The molecule has 0 atom stereocenters. The number of hydrogen-bond acceptors (Lipinski definition) is 5. The molecule has 3 aromatic rings. The molecule has 1 saturated heterocycles. The Morgan fingerprint density at radius 2 is 1.81 bits per heavy atom. The third-order valence-electron chi connectivity index (χ3n) is 7.65. The second kappa shape index (κ2) is 10.3. The number of piperidine rings is 1. The molecule has 192 valence electrons. The van der Waals surface area contributed by atoms with E-state index in [-0.39, 0.29) is 11.0 Å². The summed E-state index contributed by atoms with van der Waals surface area (Å²) in [6.07, 6.45) is 3.23. The van der Waals surface area contributed by atoms with Crippen molar-refractivity contribution in [1.29, 1.82) is 0 Å². The molecule has 0 unspecified atom stereocenters. The van der Waals surface area contributed by atoms with Gasteiger partial charge < -0.3 is 19.4 Å². The molecular weight excluding hydrogens is 448 g/mol. The molecular formula is C30H40N4O2. The molecule has 0 aliphatic carbocycles. The number of likely N-dealkylation sites (tertiary alicyclic amines) is 1. The van der Waals surface area contributed by atoms with Gasteiger partial charge in [0.05, 0.1) is 35.2 Å². The molecule has 2 aliphatic heterocycles. The van der Waals surface area contributed by atoms with E-state index in [9.17, 15) is 0 Å². The van der Waals surface area contributed by atoms with Crippen molar-refractivity contribution < 1.29 is 9.47 Å². The van der Waals surface area contributed by atoms with Crippen LogP contribution in [0.2, 0.25) is 0 Å². The van der Waals surface area contributed by atoms with Crippen LogP contribution in [-0.4, -0.2) is 65.8 Å². The Labute approximate surface area is 215 Å². The Morgan fingerprint density at radius 3 is 2.50 bits per heavy atom. The van der Waals surface area contributed by atoms with Crippen LogP contribution in [0.3, 0.4) is 0 Å². The van der Waals surface area contributed by atoms with E-state index in [0.717, 1.165) is 74.9 Å². The van der Waals surface area contributed by atoms with Crippen LogP contribution in [0.4, 0.5) is 0 Å².